The van der Waals surface area contributed by atoms with Crippen LogP contribution < -0.4 is 24.8 Å². The molecule has 2 rings (SSSR count). The van der Waals surface area contributed by atoms with Crippen molar-refractivity contribution in [3.05, 3.63) is 46.1 Å². The number of halogens is 2. The van der Waals surface area contributed by atoms with Crippen LogP contribution in [0.1, 0.15) is 34.1 Å². The molecular formula is C14H17Cl2Ti. The molecule has 2 aliphatic carbocycles. The summed E-state index contributed by atoms with van der Waals surface area (Å²) in [6.07, 6.45) is 9.23. The van der Waals surface area contributed by atoms with Crippen LogP contribution in [0.5, 0.6) is 0 Å². The molecule has 0 heterocycles. The summed E-state index contributed by atoms with van der Waals surface area (Å²) >= 11 is 0. The van der Waals surface area contributed by atoms with Crippen LogP contribution in [0.4, 0.5) is 0 Å². The Bertz CT molecular complexity index is 400. The minimum atomic E-state index is 0. The van der Waals surface area contributed by atoms with Gasteiger partial charge in [-0.15, -0.1) is 17.2 Å². The van der Waals surface area contributed by atoms with Gasteiger partial charge in [0.2, 0.25) is 0 Å². The molecule has 0 nitrogen and oxygen atoms in total. The summed E-state index contributed by atoms with van der Waals surface area (Å²) in [7, 11) is 0. The summed E-state index contributed by atoms with van der Waals surface area (Å²) < 4.78 is 0. The molecule has 1 unspecified atom stereocenters. The fraction of sp³-hybridized carbons (Fsp3) is 0.429. The van der Waals surface area contributed by atoms with Crippen LogP contribution in [0.25, 0.3) is 0 Å². The van der Waals surface area contributed by atoms with Gasteiger partial charge >= 0.3 is 21.7 Å². The van der Waals surface area contributed by atoms with Gasteiger partial charge in [-0.1, -0.05) is 44.8 Å². The Labute approximate surface area is 132 Å². The number of allylic oxidation sites excluding steroid dienone is 8. The van der Waals surface area contributed by atoms with Crippen molar-refractivity contribution in [2.45, 2.75) is 34.1 Å². The SMILES string of the molecule is CC1=CC(C)=C(C2=[C-]C(C)C=C2C)C1.[Cl-].[Cl-].[Ti+3]. The van der Waals surface area contributed by atoms with Crippen molar-refractivity contribution in [3.8, 4) is 0 Å². The molecule has 0 aromatic carbocycles. The first kappa shape index (κ1) is 19.6. The van der Waals surface area contributed by atoms with Gasteiger partial charge in [0.15, 0.2) is 0 Å². The van der Waals surface area contributed by atoms with Crippen molar-refractivity contribution >= 4 is 0 Å². The molecule has 0 saturated carbocycles. The second-order valence-corrected chi connectivity index (χ2v) is 4.49. The van der Waals surface area contributed by atoms with Crippen LogP contribution in [0.2, 0.25) is 0 Å². The zero-order chi connectivity index (χ0) is 10.3. The van der Waals surface area contributed by atoms with E-state index in [9.17, 15) is 0 Å². The van der Waals surface area contributed by atoms with Gasteiger partial charge in [-0.2, -0.15) is 17.2 Å². The second kappa shape index (κ2) is 7.64. The van der Waals surface area contributed by atoms with Gasteiger partial charge < -0.3 is 24.8 Å². The minimum Gasteiger partial charge on any atom is -1.00 e. The van der Waals surface area contributed by atoms with E-state index < -0.39 is 0 Å². The number of rotatable bonds is 1. The zero-order valence-corrected chi connectivity index (χ0v) is 13.8. The summed E-state index contributed by atoms with van der Waals surface area (Å²) in [6, 6.07) is 0. The average molecular weight is 304 g/mol. The largest absolute Gasteiger partial charge is 3.00 e. The van der Waals surface area contributed by atoms with E-state index in [1.165, 1.54) is 27.9 Å². The first-order chi connectivity index (χ1) is 6.58. The predicted molar refractivity (Wildman–Crippen MR) is 60.8 cm³/mol. The molecule has 91 valence electrons. The summed E-state index contributed by atoms with van der Waals surface area (Å²) in [5, 5.41) is 0. The molecule has 0 aromatic rings. The van der Waals surface area contributed by atoms with Gasteiger partial charge in [0.25, 0.3) is 0 Å². The Morgan fingerprint density at radius 3 is 2.12 bits per heavy atom. The molecule has 0 bridgehead atoms. The van der Waals surface area contributed by atoms with Crippen LogP contribution in [0.15, 0.2) is 40.0 Å². The maximum Gasteiger partial charge on any atom is 3.00 e. The molecule has 0 amide bonds. The summed E-state index contributed by atoms with van der Waals surface area (Å²) in [6.45, 7) is 8.80. The van der Waals surface area contributed by atoms with Gasteiger partial charge in [-0.3, -0.25) is 0 Å². The molecule has 1 atom stereocenters. The standard InChI is InChI=1S/C14H17.2ClH.Ti/c1-9-5-11(3)13(7-9)14-8-10(2)6-12(14)4;;;/h5-6,10H,7H2,1-4H3;2*1H;/q-1;;;+3/p-2. The van der Waals surface area contributed by atoms with Crippen molar-refractivity contribution in [1.82, 2.24) is 0 Å². The molecular weight excluding hydrogens is 287 g/mol. The second-order valence-electron chi connectivity index (χ2n) is 4.49. The number of hydrogen-bond donors (Lipinski definition) is 0. The van der Waals surface area contributed by atoms with E-state index in [2.05, 4.69) is 45.9 Å². The molecule has 0 spiro atoms. The minimum absolute atomic E-state index is 0. The van der Waals surface area contributed by atoms with Crippen molar-refractivity contribution in [2.24, 2.45) is 5.92 Å². The Hall–Kier alpha value is 0.254. The molecule has 3 heteroatoms. The van der Waals surface area contributed by atoms with Gasteiger partial charge in [0, 0.05) is 0 Å². The van der Waals surface area contributed by atoms with Crippen molar-refractivity contribution in [2.75, 3.05) is 0 Å². The quantitative estimate of drug-likeness (QED) is 0.388. The molecule has 0 saturated heterocycles. The predicted octanol–water partition coefficient (Wildman–Crippen LogP) is -2.02. The molecule has 0 fully saturated rings. The first-order valence-corrected chi connectivity index (χ1v) is 5.27. The van der Waals surface area contributed by atoms with E-state index in [0.717, 1.165) is 6.42 Å². The van der Waals surface area contributed by atoms with Crippen LogP contribution in [-0.2, 0) is 21.7 Å². The zero-order valence-electron chi connectivity index (χ0n) is 10.7. The van der Waals surface area contributed by atoms with Gasteiger partial charge in [0.05, 0.1) is 0 Å². The third-order valence-electron chi connectivity index (χ3n) is 2.96. The maximum atomic E-state index is 3.53. The van der Waals surface area contributed by atoms with E-state index in [-0.39, 0.29) is 46.5 Å². The first-order valence-electron chi connectivity index (χ1n) is 5.27. The third kappa shape index (κ3) is 4.14. The summed E-state index contributed by atoms with van der Waals surface area (Å²) in [5.41, 5.74) is 7.14. The molecule has 17 heavy (non-hydrogen) atoms. The van der Waals surface area contributed by atoms with Crippen molar-refractivity contribution in [3.63, 3.8) is 0 Å². The Morgan fingerprint density at radius 2 is 1.76 bits per heavy atom. The molecule has 0 aromatic heterocycles. The van der Waals surface area contributed by atoms with Gasteiger partial charge in [0.1, 0.15) is 0 Å². The Balaban J connectivity index is 0. The smallest absolute Gasteiger partial charge is 1.00 e. The molecule has 0 aliphatic heterocycles. The Kier molecular flexibility index (Phi) is 8.80. The summed E-state index contributed by atoms with van der Waals surface area (Å²) in [5.74, 6) is 0.492. The van der Waals surface area contributed by atoms with Crippen LogP contribution in [-0.4, -0.2) is 0 Å². The van der Waals surface area contributed by atoms with E-state index in [1.54, 1.807) is 0 Å². The van der Waals surface area contributed by atoms with Gasteiger partial charge in [-0.25, -0.2) is 0 Å². The van der Waals surface area contributed by atoms with Gasteiger partial charge in [-0.05, 0) is 6.92 Å². The van der Waals surface area contributed by atoms with Crippen molar-refractivity contribution < 1.29 is 46.5 Å². The Morgan fingerprint density at radius 1 is 1.18 bits per heavy atom. The molecule has 0 N–H and O–H groups in total. The van der Waals surface area contributed by atoms with E-state index in [0.29, 0.717) is 5.92 Å². The monoisotopic (exact) mass is 303 g/mol. The van der Waals surface area contributed by atoms with E-state index >= 15 is 0 Å². The number of hydrogen-bond acceptors (Lipinski definition) is 0. The normalized spacial score (nSPS) is 21.9. The fourth-order valence-electron chi connectivity index (χ4n) is 2.38. The molecule has 1 radical (unpaired) electrons. The van der Waals surface area contributed by atoms with E-state index in [1.807, 2.05) is 0 Å². The van der Waals surface area contributed by atoms with Crippen LogP contribution >= 0.6 is 0 Å². The molecule has 2 aliphatic rings. The van der Waals surface area contributed by atoms with E-state index in [4.69, 9.17) is 0 Å². The summed E-state index contributed by atoms with van der Waals surface area (Å²) in [4.78, 5) is 0. The van der Waals surface area contributed by atoms with Crippen LogP contribution in [0, 0.1) is 12.0 Å². The van der Waals surface area contributed by atoms with Crippen LogP contribution in [0.3, 0.4) is 0 Å². The fourth-order valence-corrected chi connectivity index (χ4v) is 2.38. The third-order valence-corrected chi connectivity index (χ3v) is 2.96. The topological polar surface area (TPSA) is 0 Å². The average Bonchev–Trinajstić information content (AvgIpc) is 2.55. The van der Waals surface area contributed by atoms with Crippen molar-refractivity contribution in [1.29, 1.82) is 0 Å². The maximum absolute atomic E-state index is 3.53.